The number of benzene rings is 1. The number of nitrogens with zero attached hydrogens (tertiary/aromatic N) is 4. The molecule has 8 nitrogen and oxygen atoms in total. The number of fused-ring (bicyclic) bond motifs is 1. The predicted octanol–water partition coefficient (Wildman–Crippen LogP) is 3.74. The minimum atomic E-state index is -0.192. The quantitative estimate of drug-likeness (QED) is 0.485. The van der Waals surface area contributed by atoms with Gasteiger partial charge in [0.15, 0.2) is 0 Å². The van der Waals surface area contributed by atoms with Crippen LogP contribution < -0.4 is 10.2 Å². The molecule has 3 aromatic rings. The molecule has 3 N–H and O–H groups in total. The molecule has 33 heavy (non-hydrogen) atoms. The van der Waals surface area contributed by atoms with Crippen molar-refractivity contribution in [2.45, 2.75) is 65.0 Å². The Balaban J connectivity index is 1.40. The average molecular weight is 452 g/mol. The fourth-order valence-electron chi connectivity index (χ4n) is 4.57. The summed E-state index contributed by atoms with van der Waals surface area (Å²) in [6.45, 7) is 12.5. The van der Waals surface area contributed by atoms with Crippen molar-refractivity contribution in [3.63, 3.8) is 0 Å². The van der Waals surface area contributed by atoms with E-state index in [4.69, 9.17) is 0 Å². The van der Waals surface area contributed by atoms with E-state index in [9.17, 15) is 4.79 Å². The zero-order valence-corrected chi connectivity index (χ0v) is 20.3. The van der Waals surface area contributed by atoms with Gasteiger partial charge in [0, 0.05) is 54.9 Å². The summed E-state index contributed by atoms with van der Waals surface area (Å²) < 4.78 is 0. The molecule has 4 rings (SSSR count). The highest BCUT2D eigenvalue weighted by Gasteiger charge is 2.28. The Morgan fingerprint density at radius 1 is 1.18 bits per heavy atom. The number of aromatic amines is 2. The number of rotatable bonds is 8. The van der Waals surface area contributed by atoms with E-state index in [1.165, 1.54) is 10.9 Å². The number of hydrogen-bond donors (Lipinski definition) is 3. The Morgan fingerprint density at radius 2 is 1.94 bits per heavy atom. The maximum atomic E-state index is 13.0. The number of anilines is 1. The van der Waals surface area contributed by atoms with Crippen molar-refractivity contribution >= 4 is 22.8 Å². The zero-order chi connectivity index (χ0) is 23.4. The SMILES string of the molecule is CCCCC(Cc1c[nH]c2ccccc12)NC(=O)c1nc(N2CCN(C(C)(C)C)CC2)n[nH]1. The zero-order valence-electron chi connectivity index (χ0n) is 20.3. The molecule has 1 saturated heterocycles. The normalized spacial score (nSPS) is 16.3. The number of piperazine rings is 1. The van der Waals surface area contributed by atoms with Gasteiger partial charge >= 0.3 is 0 Å². The summed E-state index contributed by atoms with van der Waals surface area (Å²) in [7, 11) is 0. The van der Waals surface area contributed by atoms with E-state index >= 15 is 0 Å². The summed E-state index contributed by atoms with van der Waals surface area (Å²) in [5.74, 6) is 0.696. The van der Waals surface area contributed by atoms with Gasteiger partial charge in [0.05, 0.1) is 0 Å². The molecule has 2 aromatic heterocycles. The van der Waals surface area contributed by atoms with Gasteiger partial charge in [-0.15, -0.1) is 5.10 Å². The van der Waals surface area contributed by atoms with Gasteiger partial charge in [-0.1, -0.05) is 38.0 Å². The van der Waals surface area contributed by atoms with Crippen LogP contribution in [0, 0.1) is 0 Å². The van der Waals surface area contributed by atoms with Gasteiger partial charge in [0.1, 0.15) is 0 Å². The molecule has 1 amide bonds. The van der Waals surface area contributed by atoms with E-state index in [0.717, 1.165) is 57.4 Å². The third-order valence-electron chi connectivity index (χ3n) is 6.58. The highest BCUT2D eigenvalue weighted by atomic mass is 16.2. The number of H-pyrrole nitrogens is 2. The lowest BCUT2D eigenvalue weighted by atomic mass is 10.0. The van der Waals surface area contributed by atoms with Crippen LogP contribution in [0.4, 0.5) is 5.95 Å². The molecular formula is C25H37N7O. The smallest absolute Gasteiger partial charge is 0.288 e. The van der Waals surface area contributed by atoms with Gasteiger partial charge in [0.25, 0.3) is 5.91 Å². The van der Waals surface area contributed by atoms with Crippen molar-refractivity contribution in [3.05, 3.63) is 41.9 Å². The summed E-state index contributed by atoms with van der Waals surface area (Å²) in [5.41, 5.74) is 2.51. The molecular weight excluding hydrogens is 414 g/mol. The second-order valence-corrected chi connectivity index (χ2v) is 10.0. The van der Waals surface area contributed by atoms with E-state index in [-0.39, 0.29) is 23.3 Å². The molecule has 0 spiro atoms. The van der Waals surface area contributed by atoms with Gasteiger partial charge in [-0.3, -0.25) is 14.8 Å². The Labute approximate surface area is 196 Å². The molecule has 1 fully saturated rings. The number of unbranched alkanes of at least 4 members (excludes halogenated alkanes) is 1. The van der Waals surface area contributed by atoms with Crippen LogP contribution in [0.25, 0.3) is 10.9 Å². The maximum absolute atomic E-state index is 13.0. The second kappa shape index (κ2) is 9.95. The summed E-state index contributed by atoms with van der Waals surface area (Å²) in [5, 5.41) is 11.6. The third kappa shape index (κ3) is 5.55. The van der Waals surface area contributed by atoms with Crippen molar-refractivity contribution in [3.8, 4) is 0 Å². The third-order valence-corrected chi connectivity index (χ3v) is 6.58. The first-order valence-electron chi connectivity index (χ1n) is 12.1. The number of nitrogens with one attached hydrogen (secondary N) is 3. The number of hydrogen-bond acceptors (Lipinski definition) is 5. The predicted molar refractivity (Wildman–Crippen MR) is 133 cm³/mol. The first kappa shape index (κ1) is 23.3. The van der Waals surface area contributed by atoms with Gasteiger partial charge < -0.3 is 15.2 Å². The van der Waals surface area contributed by atoms with Crippen LogP contribution in [-0.4, -0.2) is 68.7 Å². The number of amides is 1. The van der Waals surface area contributed by atoms with Crippen molar-refractivity contribution < 1.29 is 4.79 Å². The van der Waals surface area contributed by atoms with E-state index in [1.807, 2.05) is 6.07 Å². The standard InChI is InChI=1S/C25H37N7O/c1-5-6-9-19(16-18-17-26-21-11-8-7-10-20(18)21)27-23(33)22-28-24(30-29-22)31-12-14-32(15-13-31)25(2,3)4/h7-8,10-11,17,19,26H,5-6,9,12-16H2,1-4H3,(H,27,33)(H,28,29,30). The topological polar surface area (TPSA) is 92.9 Å². The molecule has 3 heterocycles. The van der Waals surface area contributed by atoms with E-state index in [1.54, 1.807) is 0 Å². The molecule has 1 aromatic carbocycles. The average Bonchev–Trinajstić information content (AvgIpc) is 3.45. The van der Waals surface area contributed by atoms with Crippen molar-refractivity contribution in [2.75, 3.05) is 31.1 Å². The Hall–Kier alpha value is -2.87. The molecule has 0 saturated carbocycles. The molecule has 0 aliphatic carbocycles. The Morgan fingerprint density at radius 3 is 2.67 bits per heavy atom. The Bertz CT molecular complexity index is 1060. The first-order valence-corrected chi connectivity index (χ1v) is 12.1. The minimum absolute atomic E-state index is 0.0422. The van der Waals surface area contributed by atoms with Crippen LogP contribution in [0.3, 0.4) is 0 Å². The first-order chi connectivity index (χ1) is 15.8. The summed E-state index contributed by atoms with van der Waals surface area (Å²) >= 11 is 0. The molecule has 1 unspecified atom stereocenters. The molecule has 178 valence electrons. The maximum Gasteiger partial charge on any atom is 0.288 e. The lowest BCUT2D eigenvalue weighted by Gasteiger charge is -2.41. The Kier molecular flexibility index (Phi) is 7.02. The summed E-state index contributed by atoms with van der Waals surface area (Å²) in [6, 6.07) is 8.33. The van der Waals surface area contributed by atoms with Crippen LogP contribution in [0.15, 0.2) is 30.5 Å². The monoisotopic (exact) mass is 451 g/mol. The van der Waals surface area contributed by atoms with Crippen LogP contribution >= 0.6 is 0 Å². The lowest BCUT2D eigenvalue weighted by Crippen LogP contribution is -2.53. The van der Waals surface area contributed by atoms with Crippen LogP contribution in [0.1, 0.15) is 63.1 Å². The lowest BCUT2D eigenvalue weighted by molar-refractivity contribution is 0.0924. The molecule has 8 heteroatoms. The molecule has 0 bridgehead atoms. The van der Waals surface area contributed by atoms with Crippen LogP contribution in [-0.2, 0) is 6.42 Å². The molecule has 0 radical (unpaired) electrons. The number of aromatic nitrogens is 4. The van der Waals surface area contributed by atoms with Gasteiger partial charge in [-0.2, -0.15) is 4.98 Å². The molecule has 1 atom stereocenters. The number of carbonyl (C=O) groups excluding carboxylic acids is 1. The van der Waals surface area contributed by atoms with Crippen LogP contribution in [0.2, 0.25) is 0 Å². The van der Waals surface area contributed by atoms with E-state index < -0.39 is 0 Å². The molecule has 1 aliphatic rings. The van der Waals surface area contributed by atoms with Gasteiger partial charge in [0.2, 0.25) is 11.8 Å². The second-order valence-electron chi connectivity index (χ2n) is 10.0. The number of para-hydroxylation sites is 1. The van der Waals surface area contributed by atoms with Gasteiger partial charge in [-0.05, 0) is 45.2 Å². The number of carbonyl (C=O) groups is 1. The largest absolute Gasteiger partial charge is 0.361 e. The fraction of sp³-hybridized carbons (Fsp3) is 0.560. The highest BCUT2D eigenvalue weighted by molar-refractivity contribution is 5.91. The fourth-order valence-corrected chi connectivity index (χ4v) is 4.57. The van der Waals surface area contributed by atoms with Crippen LogP contribution in [0.5, 0.6) is 0 Å². The van der Waals surface area contributed by atoms with Gasteiger partial charge in [-0.25, -0.2) is 0 Å². The van der Waals surface area contributed by atoms with E-state index in [2.05, 4.69) is 87.4 Å². The summed E-state index contributed by atoms with van der Waals surface area (Å²) in [4.78, 5) is 25.5. The van der Waals surface area contributed by atoms with Crippen molar-refractivity contribution in [1.29, 1.82) is 0 Å². The molecule has 1 aliphatic heterocycles. The summed E-state index contributed by atoms with van der Waals surface area (Å²) in [6.07, 6.45) is 5.92. The minimum Gasteiger partial charge on any atom is -0.361 e. The highest BCUT2D eigenvalue weighted by Crippen LogP contribution is 2.21. The van der Waals surface area contributed by atoms with Crippen molar-refractivity contribution in [2.24, 2.45) is 0 Å². The van der Waals surface area contributed by atoms with Crippen molar-refractivity contribution in [1.82, 2.24) is 30.4 Å². The van der Waals surface area contributed by atoms with E-state index in [0.29, 0.717) is 5.95 Å².